The number of nitrogens with zero attached hydrogens (tertiary/aromatic N) is 2. The van der Waals surface area contributed by atoms with E-state index in [0.717, 1.165) is 36.6 Å². The number of fused-ring (bicyclic) bond motifs is 3. The lowest BCUT2D eigenvalue weighted by Gasteiger charge is -2.36. The number of ether oxygens (including phenoxy) is 1. The molecule has 2 heterocycles. The average Bonchev–Trinajstić information content (AvgIpc) is 3.57. The highest BCUT2D eigenvalue weighted by Gasteiger charge is 2.46. The zero-order valence-corrected chi connectivity index (χ0v) is 21.5. The predicted octanol–water partition coefficient (Wildman–Crippen LogP) is 2.87. The summed E-state index contributed by atoms with van der Waals surface area (Å²) in [5, 5.41) is 5.51. The van der Waals surface area contributed by atoms with Crippen LogP contribution < -0.4 is 15.4 Å². The van der Waals surface area contributed by atoms with E-state index in [4.69, 9.17) is 4.74 Å². The van der Waals surface area contributed by atoms with Gasteiger partial charge in [0, 0.05) is 19.1 Å². The summed E-state index contributed by atoms with van der Waals surface area (Å²) in [5.74, 6) is -0.919. The second-order valence-corrected chi connectivity index (χ2v) is 12.5. The van der Waals surface area contributed by atoms with Crippen LogP contribution in [-0.2, 0) is 39.4 Å². The first kappa shape index (κ1) is 26.4. The molecule has 1 saturated carbocycles. The lowest BCUT2D eigenvalue weighted by atomic mass is 9.82. The number of aromatic nitrogens is 2. The van der Waals surface area contributed by atoms with E-state index in [2.05, 4.69) is 20.6 Å². The molecule has 13 heteroatoms. The summed E-state index contributed by atoms with van der Waals surface area (Å²) in [6, 6.07) is 4.69. The lowest BCUT2D eigenvalue weighted by Crippen LogP contribution is -2.50. The van der Waals surface area contributed by atoms with Crippen molar-refractivity contribution in [2.45, 2.75) is 56.7 Å². The third kappa shape index (κ3) is 5.92. The van der Waals surface area contributed by atoms with E-state index in [1.807, 2.05) is 0 Å². The molecule has 2 amide bonds. The highest BCUT2D eigenvalue weighted by atomic mass is 32.2. The Morgan fingerprint density at radius 1 is 1.26 bits per heavy atom. The Hall–Kier alpha value is -3.22. The number of nitrogens with one attached hydrogen (secondary N) is 2. The molecule has 2 N–H and O–H groups in total. The van der Waals surface area contributed by atoms with Gasteiger partial charge in [-0.3, -0.25) is 9.59 Å². The van der Waals surface area contributed by atoms with Crippen molar-refractivity contribution in [2.24, 2.45) is 5.92 Å². The minimum absolute atomic E-state index is 0.0177. The normalized spacial score (nSPS) is 20.6. The molecule has 3 aliphatic rings. The molecule has 38 heavy (non-hydrogen) atoms. The number of sulfone groups is 1. The standard InChI is InChI=1S/C25H27F3N4O5S/c1-38(35,36)12-20(33)31-22-21-18(29-19(30-22)7-4-14-2-3-14)11-24(32-23(21)34)9-8-15-10-16(5-6-17(15)24)37-13-25(26,27)28/h5-6,10,14H,2-4,7-9,11-13H2,1H3,(H,32,34)(H,29,30,31,33)/t24-/m0/s1. The largest absolute Gasteiger partial charge is 0.484 e. The van der Waals surface area contributed by atoms with Gasteiger partial charge < -0.3 is 15.4 Å². The van der Waals surface area contributed by atoms with Crippen molar-refractivity contribution in [3.8, 4) is 5.75 Å². The van der Waals surface area contributed by atoms with Crippen molar-refractivity contribution < 1.29 is 35.9 Å². The molecule has 204 valence electrons. The van der Waals surface area contributed by atoms with Crippen LogP contribution in [-0.4, -0.2) is 55.0 Å². The van der Waals surface area contributed by atoms with Crippen molar-refractivity contribution in [1.82, 2.24) is 15.3 Å². The molecule has 1 spiro atoms. The van der Waals surface area contributed by atoms with Gasteiger partial charge in [-0.25, -0.2) is 18.4 Å². The Bertz CT molecular complexity index is 1410. The summed E-state index contributed by atoms with van der Waals surface area (Å²) in [6.07, 6.45) is 1.51. The van der Waals surface area contributed by atoms with Crippen LogP contribution in [0.15, 0.2) is 18.2 Å². The third-order valence-corrected chi connectivity index (χ3v) is 7.81. The molecule has 0 unspecified atom stereocenters. The minimum atomic E-state index is -4.45. The molecular formula is C25H27F3N4O5S. The Morgan fingerprint density at radius 3 is 2.71 bits per heavy atom. The van der Waals surface area contributed by atoms with Gasteiger partial charge in [-0.05, 0) is 48.4 Å². The number of hydrogen-bond donors (Lipinski definition) is 2. The number of amides is 2. The number of carbonyl (C=O) groups is 2. The maximum atomic E-state index is 13.4. The van der Waals surface area contributed by atoms with E-state index >= 15 is 0 Å². The predicted molar refractivity (Wildman–Crippen MR) is 131 cm³/mol. The van der Waals surface area contributed by atoms with Crippen LogP contribution in [0.1, 0.15) is 58.7 Å². The quantitative estimate of drug-likeness (QED) is 0.516. The van der Waals surface area contributed by atoms with E-state index in [9.17, 15) is 31.2 Å². The number of alkyl halides is 3. The zero-order chi connectivity index (χ0) is 27.3. The Kier molecular flexibility index (Phi) is 6.60. The van der Waals surface area contributed by atoms with Gasteiger partial charge in [0.05, 0.1) is 11.2 Å². The van der Waals surface area contributed by atoms with E-state index in [1.165, 1.54) is 6.07 Å². The SMILES string of the molecule is CS(=O)(=O)CC(=O)Nc1nc(CCC2CC2)nc2c1C(=O)N[C@@]1(CCc3cc(OCC(F)(F)F)ccc31)C2. The Labute approximate surface area is 217 Å². The first-order chi connectivity index (χ1) is 17.8. The maximum absolute atomic E-state index is 13.4. The average molecular weight is 553 g/mol. The minimum Gasteiger partial charge on any atom is -0.484 e. The molecule has 5 rings (SSSR count). The Morgan fingerprint density at radius 2 is 2.03 bits per heavy atom. The smallest absolute Gasteiger partial charge is 0.422 e. The van der Waals surface area contributed by atoms with Crippen LogP contribution in [0, 0.1) is 5.92 Å². The van der Waals surface area contributed by atoms with Crippen LogP contribution in [0.3, 0.4) is 0 Å². The molecule has 1 aromatic heterocycles. The van der Waals surface area contributed by atoms with Crippen LogP contribution in [0.5, 0.6) is 5.75 Å². The van der Waals surface area contributed by atoms with E-state index in [0.29, 0.717) is 36.7 Å². The fraction of sp³-hybridized carbons (Fsp3) is 0.520. The Balaban J connectivity index is 1.46. The second-order valence-electron chi connectivity index (χ2n) is 10.3. The molecule has 1 atom stereocenters. The fourth-order valence-corrected chi connectivity index (χ4v) is 5.73. The van der Waals surface area contributed by atoms with Gasteiger partial charge in [0.2, 0.25) is 5.91 Å². The summed E-state index contributed by atoms with van der Waals surface area (Å²) in [4.78, 5) is 34.9. The fourth-order valence-electron chi connectivity index (χ4n) is 5.18. The number of anilines is 1. The van der Waals surface area contributed by atoms with Crippen LogP contribution in [0.2, 0.25) is 0 Å². The van der Waals surface area contributed by atoms with Gasteiger partial charge in [-0.1, -0.05) is 18.9 Å². The number of rotatable bonds is 8. The first-order valence-corrected chi connectivity index (χ1v) is 14.4. The molecule has 1 aromatic carbocycles. The summed E-state index contributed by atoms with van der Waals surface area (Å²) in [7, 11) is -3.60. The topological polar surface area (TPSA) is 127 Å². The summed E-state index contributed by atoms with van der Waals surface area (Å²) < 4.78 is 65.8. The zero-order valence-electron chi connectivity index (χ0n) is 20.7. The van der Waals surface area contributed by atoms with Crippen LogP contribution in [0.4, 0.5) is 19.0 Å². The summed E-state index contributed by atoms with van der Waals surface area (Å²) in [6.45, 7) is -1.39. The van der Waals surface area contributed by atoms with Crippen molar-refractivity contribution >= 4 is 27.5 Å². The van der Waals surface area contributed by atoms with Crippen molar-refractivity contribution in [1.29, 1.82) is 0 Å². The van der Waals surface area contributed by atoms with Crippen LogP contribution >= 0.6 is 0 Å². The van der Waals surface area contributed by atoms with Gasteiger partial charge in [0.15, 0.2) is 16.4 Å². The maximum Gasteiger partial charge on any atom is 0.422 e. The molecule has 2 aliphatic carbocycles. The van der Waals surface area contributed by atoms with Crippen LogP contribution in [0.25, 0.3) is 0 Å². The number of carbonyl (C=O) groups excluding carboxylic acids is 2. The highest BCUT2D eigenvalue weighted by Crippen LogP contribution is 2.44. The van der Waals surface area contributed by atoms with Crippen molar-refractivity contribution in [2.75, 3.05) is 23.9 Å². The lowest BCUT2D eigenvalue weighted by molar-refractivity contribution is -0.153. The molecule has 0 bridgehead atoms. The highest BCUT2D eigenvalue weighted by molar-refractivity contribution is 7.91. The first-order valence-electron chi connectivity index (χ1n) is 12.3. The molecule has 1 fully saturated rings. The van der Waals surface area contributed by atoms with E-state index in [-0.39, 0.29) is 23.6 Å². The molecule has 9 nitrogen and oxygen atoms in total. The number of aryl methyl sites for hydroxylation is 2. The third-order valence-electron chi connectivity index (χ3n) is 7.02. The molecule has 2 aromatic rings. The number of benzene rings is 1. The van der Waals surface area contributed by atoms with Crippen molar-refractivity contribution in [3.63, 3.8) is 0 Å². The number of halogens is 3. The van der Waals surface area contributed by atoms with E-state index < -0.39 is 45.7 Å². The van der Waals surface area contributed by atoms with Gasteiger partial charge in [0.25, 0.3) is 5.91 Å². The van der Waals surface area contributed by atoms with Crippen molar-refractivity contribution in [3.05, 3.63) is 46.4 Å². The number of hydrogen-bond acceptors (Lipinski definition) is 7. The van der Waals surface area contributed by atoms with E-state index in [1.54, 1.807) is 12.1 Å². The monoisotopic (exact) mass is 552 g/mol. The molecular weight excluding hydrogens is 525 g/mol. The van der Waals surface area contributed by atoms with Gasteiger partial charge >= 0.3 is 6.18 Å². The molecule has 0 radical (unpaired) electrons. The summed E-state index contributed by atoms with van der Waals surface area (Å²) >= 11 is 0. The second kappa shape index (κ2) is 9.51. The van der Waals surface area contributed by atoms with Gasteiger partial charge in [-0.15, -0.1) is 0 Å². The summed E-state index contributed by atoms with van der Waals surface area (Å²) in [5.41, 5.74) is 1.26. The molecule has 0 saturated heterocycles. The van der Waals surface area contributed by atoms with Gasteiger partial charge in [-0.2, -0.15) is 13.2 Å². The van der Waals surface area contributed by atoms with Gasteiger partial charge in [0.1, 0.15) is 28.7 Å². The molecule has 1 aliphatic heterocycles.